The number of nitrogens with zero attached hydrogens (tertiary/aromatic N) is 1. The van der Waals surface area contributed by atoms with E-state index in [2.05, 4.69) is 15.6 Å². The molecule has 0 aliphatic carbocycles. The van der Waals surface area contributed by atoms with E-state index in [0.29, 0.717) is 23.0 Å². The summed E-state index contributed by atoms with van der Waals surface area (Å²) in [5.41, 5.74) is 1.32. The van der Waals surface area contributed by atoms with Gasteiger partial charge in [0.25, 0.3) is 5.91 Å². The summed E-state index contributed by atoms with van der Waals surface area (Å²) in [5, 5.41) is 6.36. The Labute approximate surface area is 134 Å². The number of benzene rings is 1. The smallest absolute Gasteiger partial charge is 0.258 e. The molecule has 1 heterocycles. The molecule has 0 radical (unpaired) electrons. The number of hydrogen-bond acceptors (Lipinski definition) is 4. The standard InChI is InChI=1S/C16H18ClN3O2/c1-22-10-4-9-18-12-7-8-15(19-11-12)20-16(21)13-5-2-3-6-14(13)17/h2-3,5-8,11,18H,4,9-10H2,1H3,(H,19,20,21). The molecule has 2 rings (SSSR count). The van der Waals surface area contributed by atoms with E-state index in [0.717, 1.165) is 18.7 Å². The SMILES string of the molecule is COCCCNc1ccc(NC(=O)c2ccccc2Cl)nc1. The third-order valence-corrected chi connectivity index (χ3v) is 3.31. The van der Waals surface area contributed by atoms with Gasteiger partial charge in [0, 0.05) is 20.3 Å². The van der Waals surface area contributed by atoms with Crippen molar-refractivity contribution in [2.75, 3.05) is 30.9 Å². The van der Waals surface area contributed by atoms with Crippen molar-refractivity contribution in [2.45, 2.75) is 6.42 Å². The fraction of sp³-hybridized carbons (Fsp3) is 0.250. The molecule has 0 atom stereocenters. The first-order valence-corrected chi connectivity index (χ1v) is 7.33. The molecule has 2 N–H and O–H groups in total. The van der Waals surface area contributed by atoms with Crippen LogP contribution in [0.3, 0.4) is 0 Å². The number of pyridine rings is 1. The topological polar surface area (TPSA) is 63.2 Å². The Morgan fingerprint density at radius 1 is 1.27 bits per heavy atom. The molecule has 1 aromatic heterocycles. The molecule has 116 valence electrons. The van der Waals surface area contributed by atoms with E-state index in [1.54, 1.807) is 43.6 Å². The molecule has 1 amide bonds. The average Bonchev–Trinajstić information content (AvgIpc) is 2.53. The Balaban J connectivity index is 1.91. The quantitative estimate of drug-likeness (QED) is 0.767. The Morgan fingerprint density at radius 2 is 2.09 bits per heavy atom. The van der Waals surface area contributed by atoms with Gasteiger partial charge in [-0.1, -0.05) is 23.7 Å². The molecule has 0 bridgehead atoms. The maximum Gasteiger partial charge on any atom is 0.258 e. The third kappa shape index (κ3) is 4.72. The molecule has 0 aliphatic heterocycles. The highest BCUT2D eigenvalue weighted by Crippen LogP contribution is 2.17. The summed E-state index contributed by atoms with van der Waals surface area (Å²) in [6.07, 6.45) is 2.59. The van der Waals surface area contributed by atoms with Gasteiger partial charge in [-0.25, -0.2) is 4.98 Å². The number of halogens is 1. The summed E-state index contributed by atoms with van der Waals surface area (Å²) in [7, 11) is 1.68. The average molecular weight is 320 g/mol. The van der Waals surface area contributed by atoms with Crippen LogP contribution < -0.4 is 10.6 Å². The van der Waals surface area contributed by atoms with E-state index in [9.17, 15) is 4.79 Å². The maximum absolute atomic E-state index is 12.1. The van der Waals surface area contributed by atoms with E-state index in [1.165, 1.54) is 0 Å². The van der Waals surface area contributed by atoms with Crippen LogP contribution in [0.2, 0.25) is 5.02 Å². The largest absolute Gasteiger partial charge is 0.385 e. The summed E-state index contributed by atoms with van der Waals surface area (Å²) in [6, 6.07) is 10.5. The minimum absolute atomic E-state index is 0.279. The summed E-state index contributed by atoms with van der Waals surface area (Å²) < 4.78 is 4.98. The van der Waals surface area contributed by atoms with Crippen LogP contribution in [0.4, 0.5) is 11.5 Å². The molecule has 22 heavy (non-hydrogen) atoms. The van der Waals surface area contributed by atoms with Crippen molar-refractivity contribution in [3.05, 3.63) is 53.2 Å². The van der Waals surface area contributed by atoms with Gasteiger partial charge in [-0.3, -0.25) is 4.79 Å². The molecule has 6 heteroatoms. The highest BCUT2D eigenvalue weighted by molar-refractivity contribution is 6.34. The Bertz CT molecular complexity index is 617. The van der Waals surface area contributed by atoms with Gasteiger partial charge in [-0.15, -0.1) is 0 Å². The van der Waals surface area contributed by atoms with Crippen LogP contribution in [-0.2, 0) is 4.74 Å². The van der Waals surface area contributed by atoms with Gasteiger partial charge in [0.1, 0.15) is 5.82 Å². The molecular weight excluding hydrogens is 302 g/mol. The lowest BCUT2D eigenvalue weighted by atomic mass is 10.2. The molecule has 0 fully saturated rings. The first-order valence-electron chi connectivity index (χ1n) is 6.95. The second-order valence-electron chi connectivity index (χ2n) is 4.64. The Hall–Kier alpha value is -2.11. The lowest BCUT2D eigenvalue weighted by Crippen LogP contribution is -2.13. The van der Waals surface area contributed by atoms with E-state index >= 15 is 0 Å². The number of carbonyl (C=O) groups excluding carboxylic acids is 1. The molecule has 1 aromatic carbocycles. The van der Waals surface area contributed by atoms with Gasteiger partial charge in [0.2, 0.25) is 0 Å². The fourth-order valence-corrected chi connectivity index (χ4v) is 2.07. The van der Waals surface area contributed by atoms with Gasteiger partial charge < -0.3 is 15.4 Å². The van der Waals surface area contributed by atoms with Gasteiger partial charge in [0.05, 0.1) is 22.5 Å². The Kier molecular flexibility index (Phi) is 6.18. The second-order valence-corrected chi connectivity index (χ2v) is 5.05. The van der Waals surface area contributed by atoms with Crippen LogP contribution in [0.15, 0.2) is 42.6 Å². The molecule has 0 saturated heterocycles. The predicted octanol–water partition coefficient (Wildman–Crippen LogP) is 3.44. The van der Waals surface area contributed by atoms with Gasteiger partial charge in [-0.2, -0.15) is 0 Å². The van der Waals surface area contributed by atoms with Gasteiger partial charge in [0.15, 0.2) is 0 Å². The van der Waals surface area contributed by atoms with Crippen molar-refractivity contribution in [3.63, 3.8) is 0 Å². The summed E-state index contributed by atoms with van der Waals surface area (Å²) in [5.74, 6) is 0.200. The van der Waals surface area contributed by atoms with Crippen molar-refractivity contribution in [2.24, 2.45) is 0 Å². The van der Waals surface area contributed by atoms with Crippen LogP contribution in [0, 0.1) is 0 Å². The van der Waals surface area contributed by atoms with Crippen LogP contribution in [0.25, 0.3) is 0 Å². The lowest BCUT2D eigenvalue weighted by Gasteiger charge is -2.08. The zero-order valence-electron chi connectivity index (χ0n) is 12.3. The maximum atomic E-state index is 12.1. The predicted molar refractivity (Wildman–Crippen MR) is 88.6 cm³/mol. The van der Waals surface area contributed by atoms with Gasteiger partial charge >= 0.3 is 0 Å². The highest BCUT2D eigenvalue weighted by atomic mass is 35.5. The van der Waals surface area contributed by atoms with Crippen LogP contribution in [-0.4, -0.2) is 31.2 Å². The zero-order chi connectivity index (χ0) is 15.8. The molecule has 0 unspecified atom stereocenters. The van der Waals surface area contributed by atoms with E-state index < -0.39 is 0 Å². The molecule has 2 aromatic rings. The van der Waals surface area contributed by atoms with Crippen molar-refractivity contribution < 1.29 is 9.53 Å². The monoisotopic (exact) mass is 319 g/mol. The fourth-order valence-electron chi connectivity index (χ4n) is 1.85. The second kappa shape index (κ2) is 8.36. The minimum atomic E-state index is -0.279. The summed E-state index contributed by atoms with van der Waals surface area (Å²) in [6.45, 7) is 1.52. The van der Waals surface area contributed by atoms with E-state index in [-0.39, 0.29) is 5.91 Å². The van der Waals surface area contributed by atoms with Crippen LogP contribution in [0.5, 0.6) is 0 Å². The molecule has 5 nitrogen and oxygen atoms in total. The highest BCUT2D eigenvalue weighted by Gasteiger charge is 2.10. The number of hydrogen-bond donors (Lipinski definition) is 2. The number of amides is 1. The van der Waals surface area contributed by atoms with E-state index in [4.69, 9.17) is 16.3 Å². The molecule has 0 aliphatic rings. The lowest BCUT2D eigenvalue weighted by molar-refractivity contribution is 0.102. The van der Waals surface area contributed by atoms with Crippen molar-refractivity contribution in [1.82, 2.24) is 4.98 Å². The van der Waals surface area contributed by atoms with Crippen LogP contribution >= 0.6 is 11.6 Å². The normalized spacial score (nSPS) is 10.3. The Morgan fingerprint density at radius 3 is 2.77 bits per heavy atom. The number of rotatable bonds is 7. The number of anilines is 2. The number of ether oxygens (including phenoxy) is 1. The molecular formula is C16H18ClN3O2. The van der Waals surface area contributed by atoms with Gasteiger partial charge in [-0.05, 0) is 30.7 Å². The number of nitrogens with one attached hydrogen (secondary N) is 2. The zero-order valence-corrected chi connectivity index (χ0v) is 13.1. The van der Waals surface area contributed by atoms with E-state index in [1.807, 2.05) is 6.07 Å². The number of aromatic nitrogens is 1. The number of carbonyl (C=O) groups is 1. The van der Waals surface area contributed by atoms with Crippen molar-refractivity contribution in [3.8, 4) is 0 Å². The first-order chi connectivity index (χ1) is 10.7. The minimum Gasteiger partial charge on any atom is -0.385 e. The summed E-state index contributed by atoms with van der Waals surface area (Å²) >= 11 is 5.99. The molecule has 0 saturated carbocycles. The number of methoxy groups -OCH3 is 1. The third-order valence-electron chi connectivity index (χ3n) is 2.98. The van der Waals surface area contributed by atoms with Crippen LogP contribution in [0.1, 0.15) is 16.8 Å². The van der Waals surface area contributed by atoms with Crippen molar-refractivity contribution >= 4 is 29.0 Å². The first kappa shape index (κ1) is 16.3. The van der Waals surface area contributed by atoms with Crippen molar-refractivity contribution in [1.29, 1.82) is 0 Å². The molecule has 0 spiro atoms. The summed E-state index contributed by atoms with van der Waals surface area (Å²) in [4.78, 5) is 16.3.